The van der Waals surface area contributed by atoms with Crippen molar-refractivity contribution in [1.82, 2.24) is 0 Å². The molecule has 0 bridgehead atoms. The lowest BCUT2D eigenvalue weighted by molar-refractivity contribution is -0.143. The molecule has 1 spiro atoms. The highest BCUT2D eigenvalue weighted by Crippen LogP contribution is 2.87. The molecule has 0 unspecified atom stereocenters. The molecule has 0 heterocycles. The highest BCUT2D eigenvalue weighted by molar-refractivity contribution is 5.85. The summed E-state index contributed by atoms with van der Waals surface area (Å²) >= 11 is 0. The zero-order valence-corrected chi connectivity index (χ0v) is 23.0. The van der Waals surface area contributed by atoms with E-state index >= 15 is 0 Å². The van der Waals surface area contributed by atoms with Crippen LogP contribution in [-0.2, 0) is 14.3 Å². The Morgan fingerprint density at radius 3 is 2.46 bits per heavy atom. The van der Waals surface area contributed by atoms with E-state index in [-0.39, 0.29) is 11.4 Å². The van der Waals surface area contributed by atoms with Gasteiger partial charge in [-0.15, -0.1) is 0 Å². The third-order valence-corrected chi connectivity index (χ3v) is 12.2. The topological polar surface area (TPSA) is 63.6 Å². The van der Waals surface area contributed by atoms with Crippen LogP contribution < -0.4 is 0 Å². The summed E-state index contributed by atoms with van der Waals surface area (Å²) in [5.74, 6) is 1.69. The van der Waals surface area contributed by atoms with E-state index in [1.807, 2.05) is 6.08 Å². The van der Waals surface area contributed by atoms with Crippen molar-refractivity contribution in [3.63, 3.8) is 0 Å². The lowest BCUT2D eigenvalue weighted by Gasteiger charge is -2.61. The first-order valence-corrected chi connectivity index (χ1v) is 14.0. The monoisotopic (exact) mass is 484 g/mol. The Labute approximate surface area is 213 Å². The maximum absolute atomic E-state index is 12.1. The third-order valence-electron chi connectivity index (χ3n) is 12.2. The van der Waals surface area contributed by atoms with E-state index < -0.39 is 5.97 Å². The number of hydrogen-bond donors (Lipinski definition) is 1. The second kappa shape index (κ2) is 9.06. The van der Waals surface area contributed by atoms with Gasteiger partial charge < -0.3 is 9.84 Å². The highest BCUT2D eigenvalue weighted by Gasteiger charge is 2.80. The standard InChI is InChI=1S/C31H48O4/c1-20(2)23-11-12-25-29(6)15-13-24(21(3)9-8-10-22(4)27(33)34)28(29,5)17-18-31(25)19-30(23,31)16-14-26(32)35-7/h10,21,23-25H,1,8-9,11-19H2,2-7H3,(H,33,34)/b22-10-/t21-,23+,24-,25+,28-,29+,30-,31+/m1/s1. The first-order valence-electron chi connectivity index (χ1n) is 14.0. The summed E-state index contributed by atoms with van der Waals surface area (Å²) in [6.07, 6.45) is 14.3. The Morgan fingerprint density at radius 2 is 1.83 bits per heavy atom. The number of methoxy groups -OCH3 is 1. The van der Waals surface area contributed by atoms with Gasteiger partial charge in [0, 0.05) is 12.0 Å². The third kappa shape index (κ3) is 3.84. The van der Waals surface area contributed by atoms with Crippen LogP contribution in [0.5, 0.6) is 0 Å². The predicted molar refractivity (Wildman–Crippen MR) is 140 cm³/mol. The SMILES string of the molecule is C=C(C)[C@@H]1CC[C@@H]2[C@]3(CC[C@]4(C)[C@@H]([C@H](C)CC/C=C(/C)C(=O)O)CC[C@@]24C)C[C@]13CCC(=O)OC. The number of rotatable bonds is 9. The lowest BCUT2D eigenvalue weighted by atomic mass is 9.43. The van der Waals surface area contributed by atoms with Crippen molar-refractivity contribution < 1.29 is 19.4 Å². The number of carboxylic acids is 1. The molecule has 35 heavy (non-hydrogen) atoms. The van der Waals surface area contributed by atoms with Gasteiger partial charge in [-0.1, -0.05) is 39.0 Å². The Balaban J connectivity index is 1.56. The predicted octanol–water partition coefficient (Wildman–Crippen LogP) is 7.58. The smallest absolute Gasteiger partial charge is 0.330 e. The maximum atomic E-state index is 12.1. The summed E-state index contributed by atoms with van der Waals surface area (Å²) in [7, 11) is 1.51. The van der Waals surface area contributed by atoms with Crippen molar-refractivity contribution in [2.45, 2.75) is 105 Å². The lowest BCUT2D eigenvalue weighted by Crippen LogP contribution is -2.54. The van der Waals surface area contributed by atoms with E-state index in [9.17, 15) is 14.7 Å². The molecule has 8 atom stereocenters. The fourth-order valence-electron chi connectivity index (χ4n) is 10.2. The molecule has 0 aliphatic heterocycles. The van der Waals surface area contributed by atoms with Gasteiger partial charge in [0.1, 0.15) is 0 Å². The van der Waals surface area contributed by atoms with Crippen LogP contribution in [0.25, 0.3) is 0 Å². The van der Waals surface area contributed by atoms with Gasteiger partial charge in [0.15, 0.2) is 0 Å². The van der Waals surface area contributed by atoms with Crippen LogP contribution in [0.1, 0.15) is 105 Å². The Morgan fingerprint density at radius 1 is 1.11 bits per heavy atom. The first-order chi connectivity index (χ1) is 16.4. The quantitative estimate of drug-likeness (QED) is 0.208. The van der Waals surface area contributed by atoms with Gasteiger partial charge in [0.2, 0.25) is 0 Å². The summed E-state index contributed by atoms with van der Waals surface area (Å²) in [6, 6.07) is 0. The number of carboxylic acid groups (broad SMARTS) is 1. The molecule has 0 radical (unpaired) electrons. The van der Waals surface area contributed by atoms with Gasteiger partial charge in [0.25, 0.3) is 0 Å². The highest BCUT2D eigenvalue weighted by atomic mass is 16.5. The fraction of sp³-hybridized carbons (Fsp3) is 0.806. The molecule has 4 heteroatoms. The minimum atomic E-state index is -0.805. The zero-order chi connectivity index (χ0) is 25.8. The molecule has 4 saturated carbocycles. The number of aliphatic carboxylic acids is 1. The van der Waals surface area contributed by atoms with Crippen molar-refractivity contribution in [3.05, 3.63) is 23.8 Å². The van der Waals surface area contributed by atoms with Crippen molar-refractivity contribution >= 4 is 11.9 Å². The van der Waals surface area contributed by atoms with Crippen LogP contribution in [0, 0.1) is 45.3 Å². The van der Waals surface area contributed by atoms with Crippen LogP contribution in [0.3, 0.4) is 0 Å². The van der Waals surface area contributed by atoms with Gasteiger partial charge in [-0.25, -0.2) is 4.79 Å². The minimum absolute atomic E-state index is 0.0715. The number of hydrogen-bond acceptors (Lipinski definition) is 3. The zero-order valence-electron chi connectivity index (χ0n) is 23.0. The number of fused-ring (bicyclic) bond motifs is 2. The van der Waals surface area contributed by atoms with Crippen LogP contribution >= 0.6 is 0 Å². The van der Waals surface area contributed by atoms with Gasteiger partial charge in [-0.2, -0.15) is 0 Å². The molecule has 4 rings (SSSR count). The van der Waals surface area contributed by atoms with Crippen molar-refractivity contribution in [2.24, 2.45) is 45.3 Å². The second-order valence-corrected chi connectivity index (χ2v) is 13.3. The molecule has 4 aliphatic carbocycles. The number of carbonyl (C=O) groups excluding carboxylic acids is 1. The number of allylic oxidation sites excluding steroid dienone is 2. The van der Waals surface area contributed by atoms with Gasteiger partial charge in [0.05, 0.1) is 7.11 Å². The molecular formula is C31H48O4. The van der Waals surface area contributed by atoms with E-state index in [1.165, 1.54) is 57.6 Å². The first kappa shape index (κ1) is 26.5. The normalized spacial score (nSPS) is 42.9. The molecule has 0 aromatic rings. The number of esters is 1. The van der Waals surface area contributed by atoms with Crippen molar-refractivity contribution in [3.8, 4) is 0 Å². The summed E-state index contributed by atoms with van der Waals surface area (Å²) < 4.78 is 5.04. The van der Waals surface area contributed by atoms with Gasteiger partial charge in [-0.3, -0.25) is 4.79 Å². The summed E-state index contributed by atoms with van der Waals surface area (Å²) in [5.41, 5.74) is 3.06. The molecule has 4 fully saturated rings. The van der Waals surface area contributed by atoms with Crippen LogP contribution in [-0.4, -0.2) is 24.2 Å². The van der Waals surface area contributed by atoms with Gasteiger partial charge >= 0.3 is 11.9 Å². The largest absolute Gasteiger partial charge is 0.478 e. The van der Waals surface area contributed by atoms with Crippen LogP contribution in [0.4, 0.5) is 0 Å². The molecule has 4 nitrogen and oxygen atoms in total. The molecule has 0 aromatic carbocycles. The van der Waals surface area contributed by atoms with E-state index in [0.717, 1.165) is 25.2 Å². The van der Waals surface area contributed by atoms with E-state index in [1.54, 1.807) is 6.92 Å². The average molecular weight is 485 g/mol. The van der Waals surface area contributed by atoms with Crippen molar-refractivity contribution in [1.29, 1.82) is 0 Å². The van der Waals surface area contributed by atoms with E-state index in [0.29, 0.717) is 46.0 Å². The Bertz CT molecular complexity index is 919. The van der Waals surface area contributed by atoms with E-state index in [2.05, 4.69) is 34.3 Å². The molecule has 196 valence electrons. The molecule has 0 aromatic heterocycles. The Kier molecular flexibility index (Phi) is 6.86. The summed E-state index contributed by atoms with van der Waals surface area (Å²) in [6.45, 7) is 15.9. The fourth-order valence-corrected chi connectivity index (χ4v) is 10.2. The Hall–Kier alpha value is -1.58. The van der Waals surface area contributed by atoms with Gasteiger partial charge in [-0.05, 0) is 123 Å². The molecule has 4 aliphatic rings. The summed E-state index contributed by atoms with van der Waals surface area (Å²) in [5, 5.41) is 9.18. The minimum Gasteiger partial charge on any atom is -0.478 e. The maximum Gasteiger partial charge on any atom is 0.330 e. The van der Waals surface area contributed by atoms with Crippen LogP contribution in [0.2, 0.25) is 0 Å². The average Bonchev–Trinajstić information content (AvgIpc) is 3.40. The van der Waals surface area contributed by atoms with E-state index in [4.69, 9.17) is 4.74 Å². The second-order valence-electron chi connectivity index (χ2n) is 13.3. The number of ether oxygens (including phenoxy) is 1. The summed E-state index contributed by atoms with van der Waals surface area (Å²) in [4.78, 5) is 23.3. The molecule has 0 saturated heterocycles. The van der Waals surface area contributed by atoms with Crippen LogP contribution in [0.15, 0.2) is 23.8 Å². The number of carbonyl (C=O) groups is 2. The van der Waals surface area contributed by atoms with Crippen molar-refractivity contribution in [2.75, 3.05) is 7.11 Å². The molecule has 1 N–H and O–H groups in total. The molecular weight excluding hydrogens is 436 g/mol. The molecule has 0 amide bonds.